The molecule has 4 N–H and O–H groups in total. The van der Waals surface area contributed by atoms with Gasteiger partial charge in [-0.2, -0.15) is 0 Å². The van der Waals surface area contributed by atoms with Crippen LogP contribution in [0.5, 0.6) is 0 Å². The Kier molecular flexibility index (Phi) is 4.42. The molecular weight excluding hydrogens is 281 g/mol. The molecule has 4 nitrogen and oxygen atoms in total. The van der Waals surface area contributed by atoms with Gasteiger partial charge in [0.05, 0.1) is 10.7 Å². The Hall–Kier alpha value is -2.27. The van der Waals surface area contributed by atoms with E-state index in [4.69, 9.17) is 22.5 Å². The molecule has 0 bridgehead atoms. The summed E-state index contributed by atoms with van der Waals surface area (Å²) in [4.78, 5) is 0. The Balaban J connectivity index is 2.13. The van der Waals surface area contributed by atoms with Crippen LogP contribution in [0.25, 0.3) is 0 Å². The third kappa shape index (κ3) is 3.39. The summed E-state index contributed by atoms with van der Waals surface area (Å²) in [7, 11) is 0. The van der Waals surface area contributed by atoms with Gasteiger partial charge in [-0.3, -0.25) is 0 Å². The lowest BCUT2D eigenvalue weighted by Crippen LogP contribution is -2.13. The Labute approximate surface area is 120 Å². The molecule has 0 spiro atoms. The number of halogens is 2. The van der Waals surface area contributed by atoms with Crippen LogP contribution in [0.15, 0.2) is 47.6 Å². The van der Waals surface area contributed by atoms with Crippen LogP contribution in [-0.2, 0) is 6.54 Å². The number of anilines is 1. The second kappa shape index (κ2) is 6.25. The molecule has 2 rings (SSSR count). The van der Waals surface area contributed by atoms with Crippen molar-refractivity contribution in [1.29, 1.82) is 0 Å². The van der Waals surface area contributed by atoms with Gasteiger partial charge in [-0.15, -0.1) is 0 Å². The van der Waals surface area contributed by atoms with Crippen LogP contribution < -0.4 is 11.1 Å². The molecular formula is C14H13ClFN3O. The topological polar surface area (TPSA) is 70.6 Å². The lowest BCUT2D eigenvalue weighted by molar-refractivity contribution is 0.318. The molecule has 0 aliphatic rings. The van der Waals surface area contributed by atoms with Gasteiger partial charge in [-0.25, -0.2) is 4.39 Å². The smallest absolute Gasteiger partial charge is 0.170 e. The van der Waals surface area contributed by atoms with E-state index in [9.17, 15) is 4.39 Å². The first kappa shape index (κ1) is 14.1. The molecule has 0 aromatic heterocycles. The van der Waals surface area contributed by atoms with Gasteiger partial charge in [-0.05, 0) is 29.8 Å². The van der Waals surface area contributed by atoms with E-state index in [-0.39, 0.29) is 11.7 Å². The summed E-state index contributed by atoms with van der Waals surface area (Å²) < 4.78 is 13.1. The van der Waals surface area contributed by atoms with Crippen molar-refractivity contribution in [3.8, 4) is 0 Å². The van der Waals surface area contributed by atoms with Crippen LogP contribution >= 0.6 is 11.6 Å². The molecule has 0 amide bonds. The van der Waals surface area contributed by atoms with E-state index in [0.717, 1.165) is 5.56 Å². The van der Waals surface area contributed by atoms with Gasteiger partial charge in [0, 0.05) is 12.1 Å². The maximum absolute atomic E-state index is 13.1. The summed E-state index contributed by atoms with van der Waals surface area (Å²) in [5.41, 5.74) is 7.54. The van der Waals surface area contributed by atoms with Crippen molar-refractivity contribution in [2.75, 3.05) is 5.32 Å². The Bertz CT molecular complexity index is 646. The number of nitrogens with two attached hydrogens (primary N) is 1. The molecule has 104 valence electrons. The Morgan fingerprint density at radius 1 is 1.30 bits per heavy atom. The summed E-state index contributed by atoms with van der Waals surface area (Å²) in [6, 6.07) is 11.3. The minimum Gasteiger partial charge on any atom is -0.409 e. The quantitative estimate of drug-likeness (QED) is 0.351. The van der Waals surface area contributed by atoms with Gasteiger partial charge < -0.3 is 16.3 Å². The number of nitrogens with zero attached hydrogens (tertiary/aromatic N) is 1. The summed E-state index contributed by atoms with van der Waals surface area (Å²) in [5.74, 6) is -0.321. The molecule has 0 radical (unpaired) electrons. The first-order valence-electron chi connectivity index (χ1n) is 5.86. The summed E-state index contributed by atoms with van der Waals surface area (Å²) in [6.45, 7) is 0.440. The number of nitrogens with one attached hydrogen (secondary N) is 1. The van der Waals surface area contributed by atoms with E-state index in [1.165, 1.54) is 18.2 Å². The van der Waals surface area contributed by atoms with E-state index in [1.807, 2.05) is 6.07 Å². The summed E-state index contributed by atoms with van der Waals surface area (Å²) in [5, 5.41) is 15.1. The fraction of sp³-hybridized carbons (Fsp3) is 0.0714. The zero-order valence-electron chi connectivity index (χ0n) is 10.5. The van der Waals surface area contributed by atoms with E-state index in [0.29, 0.717) is 22.8 Å². The maximum atomic E-state index is 13.1. The zero-order chi connectivity index (χ0) is 14.5. The van der Waals surface area contributed by atoms with Crippen molar-refractivity contribution in [2.45, 2.75) is 6.54 Å². The van der Waals surface area contributed by atoms with Gasteiger partial charge in [0.1, 0.15) is 5.82 Å². The molecule has 0 saturated carbocycles. The van der Waals surface area contributed by atoms with Crippen molar-refractivity contribution >= 4 is 23.1 Å². The molecule has 0 aliphatic heterocycles. The van der Waals surface area contributed by atoms with Gasteiger partial charge in [0.15, 0.2) is 5.84 Å². The zero-order valence-corrected chi connectivity index (χ0v) is 11.2. The molecule has 6 heteroatoms. The average Bonchev–Trinajstić information content (AvgIpc) is 2.47. The van der Waals surface area contributed by atoms with Crippen LogP contribution in [0, 0.1) is 5.82 Å². The van der Waals surface area contributed by atoms with Crippen LogP contribution in [0.2, 0.25) is 5.02 Å². The van der Waals surface area contributed by atoms with E-state index >= 15 is 0 Å². The minimum atomic E-state index is -0.359. The number of hydrogen-bond donors (Lipinski definition) is 3. The maximum Gasteiger partial charge on any atom is 0.170 e. The highest BCUT2D eigenvalue weighted by Gasteiger charge is 2.04. The van der Waals surface area contributed by atoms with Gasteiger partial charge >= 0.3 is 0 Å². The highest BCUT2D eigenvalue weighted by atomic mass is 35.5. The fourth-order valence-corrected chi connectivity index (χ4v) is 1.91. The second-order valence-corrected chi connectivity index (χ2v) is 4.57. The molecule has 0 unspecified atom stereocenters. The minimum absolute atomic E-state index is 0.0376. The molecule has 20 heavy (non-hydrogen) atoms. The average molecular weight is 294 g/mol. The summed E-state index contributed by atoms with van der Waals surface area (Å²) >= 11 is 5.97. The third-order valence-corrected chi connectivity index (χ3v) is 3.07. The van der Waals surface area contributed by atoms with Crippen LogP contribution in [0.3, 0.4) is 0 Å². The van der Waals surface area contributed by atoms with Crippen molar-refractivity contribution in [3.05, 3.63) is 64.4 Å². The van der Waals surface area contributed by atoms with Gasteiger partial charge in [-0.1, -0.05) is 35.0 Å². The predicted octanol–water partition coefficient (Wildman–Crippen LogP) is 3.19. The molecule has 0 heterocycles. The van der Waals surface area contributed by atoms with Crippen molar-refractivity contribution in [1.82, 2.24) is 0 Å². The highest BCUT2D eigenvalue weighted by molar-refractivity contribution is 6.33. The van der Waals surface area contributed by atoms with Crippen LogP contribution in [-0.4, -0.2) is 11.0 Å². The van der Waals surface area contributed by atoms with Crippen LogP contribution in [0.4, 0.5) is 10.1 Å². The largest absolute Gasteiger partial charge is 0.409 e. The SMILES string of the molecule is N/C(=N/O)c1cccc(CNc2cc(F)ccc2Cl)c1. The number of hydrogen-bond acceptors (Lipinski definition) is 3. The first-order chi connectivity index (χ1) is 9.60. The Morgan fingerprint density at radius 2 is 2.10 bits per heavy atom. The van der Waals surface area contributed by atoms with Gasteiger partial charge in [0.25, 0.3) is 0 Å². The molecule has 0 atom stereocenters. The number of oxime groups is 1. The van der Waals surface area contributed by atoms with Crippen molar-refractivity contribution in [2.24, 2.45) is 10.9 Å². The van der Waals surface area contributed by atoms with E-state index in [2.05, 4.69) is 10.5 Å². The first-order valence-corrected chi connectivity index (χ1v) is 6.23. The monoisotopic (exact) mass is 293 g/mol. The number of benzene rings is 2. The normalized spacial score (nSPS) is 11.4. The predicted molar refractivity (Wildman–Crippen MR) is 77.7 cm³/mol. The standard InChI is InChI=1S/C14H13ClFN3O/c15-12-5-4-11(16)7-13(12)18-8-9-2-1-3-10(6-9)14(17)19-20/h1-7,18,20H,8H2,(H2,17,19). The lowest BCUT2D eigenvalue weighted by Gasteiger charge is -2.09. The molecule has 0 fully saturated rings. The van der Waals surface area contributed by atoms with Gasteiger partial charge in [0.2, 0.25) is 0 Å². The van der Waals surface area contributed by atoms with E-state index in [1.54, 1.807) is 18.2 Å². The molecule has 2 aromatic carbocycles. The van der Waals surface area contributed by atoms with E-state index < -0.39 is 0 Å². The molecule has 2 aromatic rings. The summed E-state index contributed by atoms with van der Waals surface area (Å²) in [6.07, 6.45) is 0. The number of amidine groups is 1. The molecule has 0 saturated heterocycles. The fourth-order valence-electron chi connectivity index (χ4n) is 1.73. The molecule has 0 aliphatic carbocycles. The number of rotatable bonds is 4. The van der Waals surface area contributed by atoms with Crippen molar-refractivity contribution in [3.63, 3.8) is 0 Å². The Morgan fingerprint density at radius 3 is 2.85 bits per heavy atom. The highest BCUT2D eigenvalue weighted by Crippen LogP contribution is 2.23. The third-order valence-electron chi connectivity index (χ3n) is 2.74. The van der Waals surface area contributed by atoms with Crippen LogP contribution in [0.1, 0.15) is 11.1 Å². The lowest BCUT2D eigenvalue weighted by atomic mass is 10.1. The van der Waals surface area contributed by atoms with Crippen molar-refractivity contribution < 1.29 is 9.60 Å². The second-order valence-electron chi connectivity index (χ2n) is 4.16.